The molecule has 0 aliphatic heterocycles. The fraction of sp³-hybridized carbons (Fsp3) is 0.286. The molecule has 1 nitrogen and oxygen atoms in total. The molecule has 1 aliphatic carbocycles. The van der Waals surface area contributed by atoms with Gasteiger partial charge in [0, 0.05) is 6.04 Å². The fourth-order valence-corrected chi connectivity index (χ4v) is 2.63. The summed E-state index contributed by atoms with van der Waals surface area (Å²) in [6.45, 7) is 0. The summed E-state index contributed by atoms with van der Waals surface area (Å²) in [5, 5.41) is 2.73. The maximum atomic E-state index is 6.14. The molecular weight excluding hydrogens is 182 g/mol. The highest BCUT2D eigenvalue weighted by molar-refractivity contribution is 5.87. The van der Waals surface area contributed by atoms with Gasteiger partial charge in [0.15, 0.2) is 0 Å². The van der Waals surface area contributed by atoms with Crippen LogP contribution in [0.4, 0.5) is 0 Å². The number of fused-ring (bicyclic) bond motifs is 3. The molecule has 2 aromatic carbocycles. The van der Waals surface area contributed by atoms with E-state index in [0.29, 0.717) is 0 Å². The van der Waals surface area contributed by atoms with Gasteiger partial charge in [-0.05, 0) is 41.2 Å². The van der Waals surface area contributed by atoms with Crippen molar-refractivity contribution in [3.05, 3.63) is 47.5 Å². The number of nitrogens with two attached hydrogens (primary N) is 1. The molecule has 1 heteroatoms. The zero-order valence-electron chi connectivity index (χ0n) is 8.74. The molecule has 0 fully saturated rings. The number of benzene rings is 2. The molecule has 0 saturated heterocycles. The van der Waals surface area contributed by atoms with Crippen LogP contribution in [0.5, 0.6) is 0 Å². The minimum absolute atomic E-state index is 0.248. The first-order valence-corrected chi connectivity index (χ1v) is 5.62. The van der Waals surface area contributed by atoms with Crippen molar-refractivity contribution < 1.29 is 0 Å². The van der Waals surface area contributed by atoms with Gasteiger partial charge in [-0.3, -0.25) is 0 Å². The van der Waals surface area contributed by atoms with Crippen LogP contribution in [-0.2, 0) is 6.42 Å². The van der Waals surface area contributed by atoms with Crippen LogP contribution >= 0.6 is 0 Å². The predicted octanol–water partition coefficient (Wildman–Crippen LogP) is 3.18. The summed E-state index contributed by atoms with van der Waals surface area (Å²) in [5.41, 5.74) is 8.98. The molecule has 2 N–H and O–H groups in total. The summed E-state index contributed by atoms with van der Waals surface area (Å²) >= 11 is 0. The molecule has 0 spiro atoms. The van der Waals surface area contributed by atoms with Crippen molar-refractivity contribution in [1.29, 1.82) is 0 Å². The second-order valence-corrected chi connectivity index (χ2v) is 4.35. The van der Waals surface area contributed by atoms with Crippen LogP contribution in [0.3, 0.4) is 0 Å². The van der Waals surface area contributed by atoms with Gasteiger partial charge in [-0.15, -0.1) is 0 Å². The summed E-state index contributed by atoms with van der Waals surface area (Å²) in [7, 11) is 0. The van der Waals surface area contributed by atoms with Gasteiger partial charge in [-0.25, -0.2) is 0 Å². The van der Waals surface area contributed by atoms with Crippen molar-refractivity contribution in [3.8, 4) is 0 Å². The molecule has 0 aromatic heterocycles. The van der Waals surface area contributed by atoms with Crippen molar-refractivity contribution in [2.24, 2.45) is 5.73 Å². The number of aryl methyl sites for hydroxylation is 1. The Hall–Kier alpha value is -1.34. The van der Waals surface area contributed by atoms with Gasteiger partial charge in [-0.2, -0.15) is 0 Å². The van der Waals surface area contributed by atoms with E-state index in [1.54, 1.807) is 0 Å². The molecule has 0 radical (unpaired) electrons. The van der Waals surface area contributed by atoms with Crippen LogP contribution in [0.15, 0.2) is 36.4 Å². The van der Waals surface area contributed by atoms with Crippen LogP contribution in [0.1, 0.15) is 30.0 Å². The lowest BCUT2D eigenvalue weighted by atomic mass is 9.85. The van der Waals surface area contributed by atoms with Crippen LogP contribution in [-0.4, -0.2) is 0 Å². The first-order chi connectivity index (χ1) is 7.36. The van der Waals surface area contributed by atoms with Gasteiger partial charge >= 0.3 is 0 Å². The summed E-state index contributed by atoms with van der Waals surface area (Å²) in [6, 6.07) is 13.3. The Bertz CT molecular complexity index is 502. The molecular formula is C14H15N. The van der Waals surface area contributed by atoms with Crippen LogP contribution < -0.4 is 5.73 Å². The highest BCUT2D eigenvalue weighted by atomic mass is 14.6. The van der Waals surface area contributed by atoms with Crippen molar-refractivity contribution in [2.45, 2.75) is 25.3 Å². The molecule has 76 valence electrons. The summed E-state index contributed by atoms with van der Waals surface area (Å²) in [6.07, 6.45) is 3.54. The Balaban J connectivity index is 2.33. The van der Waals surface area contributed by atoms with Gasteiger partial charge in [0.1, 0.15) is 0 Å². The fourth-order valence-electron chi connectivity index (χ4n) is 2.63. The maximum Gasteiger partial charge on any atom is 0.0297 e. The third-order valence-corrected chi connectivity index (χ3v) is 3.42. The summed E-state index contributed by atoms with van der Waals surface area (Å²) < 4.78 is 0. The van der Waals surface area contributed by atoms with E-state index in [2.05, 4.69) is 36.4 Å². The molecule has 0 heterocycles. The summed E-state index contributed by atoms with van der Waals surface area (Å²) in [5.74, 6) is 0. The van der Waals surface area contributed by atoms with Crippen molar-refractivity contribution in [2.75, 3.05) is 0 Å². The smallest absolute Gasteiger partial charge is 0.0297 e. The lowest BCUT2D eigenvalue weighted by Crippen LogP contribution is -2.17. The Kier molecular flexibility index (Phi) is 2.00. The van der Waals surface area contributed by atoms with Crippen LogP contribution in [0.25, 0.3) is 10.8 Å². The van der Waals surface area contributed by atoms with E-state index in [1.807, 2.05) is 0 Å². The van der Waals surface area contributed by atoms with Crippen LogP contribution in [0, 0.1) is 0 Å². The van der Waals surface area contributed by atoms with E-state index in [0.717, 1.165) is 6.42 Å². The molecule has 1 atom stereocenters. The van der Waals surface area contributed by atoms with Crippen molar-refractivity contribution >= 4 is 10.8 Å². The van der Waals surface area contributed by atoms with Crippen molar-refractivity contribution in [1.82, 2.24) is 0 Å². The maximum absolute atomic E-state index is 6.14. The second-order valence-electron chi connectivity index (χ2n) is 4.35. The molecule has 0 bridgehead atoms. The normalized spacial score (nSPS) is 20.2. The SMILES string of the molecule is N[C@H]1CCCc2c1ccc1ccccc21. The zero-order chi connectivity index (χ0) is 10.3. The average Bonchev–Trinajstić information content (AvgIpc) is 2.29. The Morgan fingerprint density at radius 2 is 1.93 bits per heavy atom. The topological polar surface area (TPSA) is 26.0 Å². The van der Waals surface area contributed by atoms with Gasteiger partial charge in [0.05, 0.1) is 0 Å². The lowest BCUT2D eigenvalue weighted by Gasteiger charge is -2.23. The first kappa shape index (κ1) is 8.93. The monoisotopic (exact) mass is 197 g/mol. The Labute approximate surface area is 89.9 Å². The lowest BCUT2D eigenvalue weighted by molar-refractivity contribution is 0.573. The zero-order valence-corrected chi connectivity index (χ0v) is 8.74. The Morgan fingerprint density at radius 1 is 1.07 bits per heavy atom. The molecule has 15 heavy (non-hydrogen) atoms. The minimum atomic E-state index is 0.248. The molecule has 1 aliphatic rings. The van der Waals surface area contributed by atoms with E-state index in [1.165, 1.54) is 34.7 Å². The highest BCUT2D eigenvalue weighted by Crippen LogP contribution is 2.33. The van der Waals surface area contributed by atoms with E-state index in [9.17, 15) is 0 Å². The first-order valence-electron chi connectivity index (χ1n) is 5.62. The third-order valence-electron chi connectivity index (χ3n) is 3.42. The quantitative estimate of drug-likeness (QED) is 0.689. The average molecular weight is 197 g/mol. The Morgan fingerprint density at radius 3 is 2.87 bits per heavy atom. The van der Waals surface area contributed by atoms with E-state index in [-0.39, 0.29) is 6.04 Å². The van der Waals surface area contributed by atoms with Crippen molar-refractivity contribution in [3.63, 3.8) is 0 Å². The number of hydrogen-bond acceptors (Lipinski definition) is 1. The molecule has 3 rings (SSSR count). The minimum Gasteiger partial charge on any atom is -0.324 e. The number of rotatable bonds is 0. The van der Waals surface area contributed by atoms with Gasteiger partial charge in [-0.1, -0.05) is 36.4 Å². The largest absolute Gasteiger partial charge is 0.324 e. The molecule has 2 aromatic rings. The second kappa shape index (κ2) is 3.35. The van der Waals surface area contributed by atoms with Gasteiger partial charge < -0.3 is 5.73 Å². The third kappa shape index (κ3) is 1.35. The standard InChI is InChI=1S/C14H15N/c15-14-7-3-6-12-11-5-2-1-4-10(11)8-9-13(12)14/h1-2,4-5,8-9,14H,3,6-7,15H2/t14-/m0/s1. The van der Waals surface area contributed by atoms with Gasteiger partial charge in [0.2, 0.25) is 0 Å². The predicted molar refractivity (Wildman–Crippen MR) is 63.8 cm³/mol. The van der Waals surface area contributed by atoms with Crippen LogP contribution in [0.2, 0.25) is 0 Å². The van der Waals surface area contributed by atoms with E-state index in [4.69, 9.17) is 5.73 Å². The molecule has 0 saturated carbocycles. The van der Waals surface area contributed by atoms with E-state index < -0.39 is 0 Å². The highest BCUT2D eigenvalue weighted by Gasteiger charge is 2.17. The van der Waals surface area contributed by atoms with E-state index >= 15 is 0 Å². The summed E-state index contributed by atoms with van der Waals surface area (Å²) in [4.78, 5) is 0. The molecule has 0 unspecified atom stereocenters. The van der Waals surface area contributed by atoms with Gasteiger partial charge in [0.25, 0.3) is 0 Å². The molecule has 0 amide bonds. The number of hydrogen-bond donors (Lipinski definition) is 1.